The Labute approximate surface area is 144 Å². The van der Waals surface area contributed by atoms with E-state index in [-0.39, 0.29) is 5.82 Å². The van der Waals surface area contributed by atoms with Crippen LogP contribution in [-0.2, 0) is 0 Å². The molecule has 0 atom stereocenters. The number of amides is 1. The lowest BCUT2D eigenvalue weighted by molar-refractivity contribution is 0.101. The van der Waals surface area contributed by atoms with Crippen LogP contribution in [0.4, 0.5) is 14.6 Å². The number of pyridine rings is 1. The highest BCUT2D eigenvalue weighted by Crippen LogP contribution is 2.25. The molecule has 3 nitrogen and oxygen atoms in total. The number of hydrogen-bond donors (Lipinski definition) is 1. The number of nitrogens with zero attached hydrogens (tertiary/aromatic N) is 1. The summed E-state index contributed by atoms with van der Waals surface area (Å²) >= 11 is 0. The molecule has 1 aromatic heterocycles. The highest BCUT2D eigenvalue weighted by Gasteiger charge is 2.17. The Morgan fingerprint density at radius 1 is 1.00 bits per heavy atom. The molecular weight excluding hydrogens is 322 g/mol. The Morgan fingerprint density at radius 3 is 2.32 bits per heavy atom. The Hall–Kier alpha value is -3.08. The summed E-state index contributed by atoms with van der Waals surface area (Å²) in [5.41, 5.74) is 3.35. The first kappa shape index (κ1) is 16.8. The van der Waals surface area contributed by atoms with Gasteiger partial charge in [-0.25, -0.2) is 13.8 Å². The molecule has 0 aliphatic heterocycles. The zero-order chi connectivity index (χ0) is 18.0. The number of halogens is 2. The smallest absolute Gasteiger partial charge is 0.262 e. The molecule has 1 N–H and O–H groups in total. The van der Waals surface area contributed by atoms with E-state index in [1.807, 2.05) is 38.1 Å². The number of aryl methyl sites for hydroxylation is 2. The van der Waals surface area contributed by atoms with Crippen LogP contribution in [0.15, 0.2) is 54.7 Å². The van der Waals surface area contributed by atoms with Gasteiger partial charge in [0.2, 0.25) is 0 Å². The normalized spacial score (nSPS) is 10.6. The predicted molar refractivity (Wildman–Crippen MR) is 93.5 cm³/mol. The molecule has 1 amide bonds. The summed E-state index contributed by atoms with van der Waals surface area (Å²) in [6.07, 6.45) is 1.64. The van der Waals surface area contributed by atoms with Gasteiger partial charge < -0.3 is 5.32 Å². The van der Waals surface area contributed by atoms with Gasteiger partial charge in [-0.3, -0.25) is 4.79 Å². The van der Waals surface area contributed by atoms with Crippen molar-refractivity contribution in [2.24, 2.45) is 0 Å². The minimum atomic E-state index is -0.911. The SMILES string of the molecule is Cc1cccc(-c2cnc(NC(=O)c3c(F)cccc3F)cc2C)c1. The Morgan fingerprint density at radius 2 is 1.68 bits per heavy atom. The first-order valence-corrected chi connectivity index (χ1v) is 7.75. The third-order valence-electron chi connectivity index (χ3n) is 3.87. The summed E-state index contributed by atoms with van der Waals surface area (Å²) in [7, 11) is 0. The second kappa shape index (κ2) is 6.81. The molecule has 126 valence electrons. The van der Waals surface area contributed by atoms with Crippen molar-refractivity contribution in [1.82, 2.24) is 4.98 Å². The van der Waals surface area contributed by atoms with E-state index in [2.05, 4.69) is 10.3 Å². The summed E-state index contributed by atoms with van der Waals surface area (Å²) in [6, 6.07) is 12.9. The summed E-state index contributed by atoms with van der Waals surface area (Å²) in [4.78, 5) is 16.3. The van der Waals surface area contributed by atoms with E-state index in [0.717, 1.165) is 34.4 Å². The van der Waals surface area contributed by atoms with Crippen LogP contribution in [0.1, 0.15) is 21.5 Å². The predicted octanol–water partition coefficient (Wildman–Crippen LogP) is 4.90. The summed E-state index contributed by atoms with van der Waals surface area (Å²) in [6.45, 7) is 3.89. The molecule has 0 saturated carbocycles. The van der Waals surface area contributed by atoms with Gasteiger partial charge in [0, 0.05) is 11.8 Å². The van der Waals surface area contributed by atoms with Crippen LogP contribution >= 0.6 is 0 Å². The Bertz CT molecular complexity index is 934. The summed E-state index contributed by atoms with van der Waals surface area (Å²) in [5, 5.41) is 2.44. The van der Waals surface area contributed by atoms with Crippen LogP contribution in [-0.4, -0.2) is 10.9 Å². The summed E-state index contributed by atoms with van der Waals surface area (Å²) in [5.74, 6) is -2.46. The number of hydrogen-bond acceptors (Lipinski definition) is 2. The van der Waals surface area contributed by atoms with Crippen molar-refractivity contribution in [1.29, 1.82) is 0 Å². The number of carbonyl (C=O) groups is 1. The van der Waals surface area contributed by atoms with E-state index in [1.54, 1.807) is 12.3 Å². The average molecular weight is 338 g/mol. The maximum absolute atomic E-state index is 13.7. The van der Waals surface area contributed by atoms with E-state index >= 15 is 0 Å². The lowest BCUT2D eigenvalue weighted by atomic mass is 10.0. The maximum Gasteiger partial charge on any atom is 0.262 e. The lowest BCUT2D eigenvalue weighted by Gasteiger charge is -2.10. The standard InChI is InChI=1S/C20H16F2N2O/c1-12-5-3-6-14(9-12)15-11-23-18(10-13(15)2)24-20(25)19-16(21)7-4-8-17(19)22/h3-11H,1-2H3,(H,23,24,25). The van der Waals surface area contributed by atoms with Crippen molar-refractivity contribution in [3.8, 4) is 11.1 Å². The molecule has 3 aromatic rings. The van der Waals surface area contributed by atoms with Gasteiger partial charge in [0.1, 0.15) is 23.0 Å². The summed E-state index contributed by atoms with van der Waals surface area (Å²) < 4.78 is 27.4. The number of rotatable bonds is 3. The van der Waals surface area contributed by atoms with Gasteiger partial charge in [-0.2, -0.15) is 0 Å². The number of benzene rings is 2. The number of anilines is 1. The van der Waals surface area contributed by atoms with Crippen molar-refractivity contribution in [2.45, 2.75) is 13.8 Å². The fraction of sp³-hybridized carbons (Fsp3) is 0.100. The van der Waals surface area contributed by atoms with Crippen molar-refractivity contribution < 1.29 is 13.6 Å². The molecule has 0 spiro atoms. The van der Waals surface area contributed by atoms with Crippen LogP contribution in [0.2, 0.25) is 0 Å². The molecule has 3 rings (SSSR count). The second-order valence-corrected chi connectivity index (χ2v) is 5.80. The zero-order valence-corrected chi connectivity index (χ0v) is 13.8. The largest absolute Gasteiger partial charge is 0.306 e. The topological polar surface area (TPSA) is 42.0 Å². The van der Waals surface area contributed by atoms with Gasteiger partial charge in [0.05, 0.1) is 0 Å². The second-order valence-electron chi connectivity index (χ2n) is 5.80. The molecule has 25 heavy (non-hydrogen) atoms. The molecule has 0 aliphatic rings. The van der Waals surface area contributed by atoms with Gasteiger partial charge >= 0.3 is 0 Å². The Kier molecular flexibility index (Phi) is 4.57. The van der Waals surface area contributed by atoms with Gasteiger partial charge in [-0.15, -0.1) is 0 Å². The highest BCUT2D eigenvalue weighted by molar-refractivity contribution is 6.04. The molecule has 0 bridgehead atoms. The van der Waals surface area contributed by atoms with Crippen molar-refractivity contribution in [3.05, 3.63) is 83.1 Å². The van der Waals surface area contributed by atoms with Crippen LogP contribution in [0.3, 0.4) is 0 Å². The van der Waals surface area contributed by atoms with Gasteiger partial charge in [-0.05, 0) is 43.2 Å². The minimum absolute atomic E-state index is 0.238. The third kappa shape index (κ3) is 3.55. The minimum Gasteiger partial charge on any atom is -0.306 e. The lowest BCUT2D eigenvalue weighted by Crippen LogP contribution is -2.16. The molecule has 5 heteroatoms. The zero-order valence-electron chi connectivity index (χ0n) is 13.8. The highest BCUT2D eigenvalue weighted by atomic mass is 19.1. The molecule has 0 saturated heterocycles. The molecule has 0 unspecified atom stereocenters. The quantitative estimate of drug-likeness (QED) is 0.738. The van der Waals surface area contributed by atoms with Crippen LogP contribution in [0, 0.1) is 25.5 Å². The first-order chi connectivity index (χ1) is 12.0. The fourth-order valence-electron chi connectivity index (χ4n) is 2.63. The Balaban J connectivity index is 1.88. The van der Waals surface area contributed by atoms with Crippen LogP contribution in [0.5, 0.6) is 0 Å². The van der Waals surface area contributed by atoms with Crippen LogP contribution < -0.4 is 5.32 Å². The van der Waals surface area contributed by atoms with E-state index < -0.39 is 23.1 Å². The average Bonchev–Trinajstić information content (AvgIpc) is 2.54. The maximum atomic E-state index is 13.7. The molecule has 0 fully saturated rings. The van der Waals surface area contributed by atoms with Crippen molar-refractivity contribution in [3.63, 3.8) is 0 Å². The number of nitrogens with one attached hydrogen (secondary N) is 1. The molecular formula is C20H16F2N2O. The van der Waals surface area contributed by atoms with Crippen molar-refractivity contribution >= 4 is 11.7 Å². The monoisotopic (exact) mass is 338 g/mol. The molecule has 1 heterocycles. The number of carbonyl (C=O) groups excluding carboxylic acids is 1. The van der Waals surface area contributed by atoms with E-state index in [9.17, 15) is 13.6 Å². The van der Waals surface area contributed by atoms with E-state index in [4.69, 9.17) is 0 Å². The first-order valence-electron chi connectivity index (χ1n) is 7.75. The molecule has 0 radical (unpaired) electrons. The van der Waals surface area contributed by atoms with Gasteiger partial charge in [-0.1, -0.05) is 35.9 Å². The van der Waals surface area contributed by atoms with Gasteiger partial charge in [0.25, 0.3) is 5.91 Å². The van der Waals surface area contributed by atoms with Crippen molar-refractivity contribution in [2.75, 3.05) is 5.32 Å². The number of aromatic nitrogens is 1. The van der Waals surface area contributed by atoms with Crippen LogP contribution in [0.25, 0.3) is 11.1 Å². The van der Waals surface area contributed by atoms with Gasteiger partial charge in [0.15, 0.2) is 0 Å². The third-order valence-corrected chi connectivity index (χ3v) is 3.87. The molecule has 0 aliphatic carbocycles. The van der Waals surface area contributed by atoms with E-state index in [1.165, 1.54) is 6.07 Å². The molecule has 2 aromatic carbocycles. The fourth-order valence-corrected chi connectivity index (χ4v) is 2.63. The van der Waals surface area contributed by atoms with E-state index in [0.29, 0.717) is 0 Å².